The third kappa shape index (κ3) is 5.76. The minimum atomic E-state index is -5.11. The summed E-state index contributed by atoms with van der Waals surface area (Å²) in [7, 11) is 0. The van der Waals surface area contributed by atoms with Gasteiger partial charge in [0.15, 0.2) is 23.3 Å². The van der Waals surface area contributed by atoms with Crippen molar-refractivity contribution in [2.75, 3.05) is 0 Å². The van der Waals surface area contributed by atoms with Gasteiger partial charge in [-0.1, -0.05) is 18.7 Å². The fourth-order valence-electron chi connectivity index (χ4n) is 5.21. The zero-order chi connectivity index (χ0) is 35.3. The highest BCUT2D eigenvalue weighted by atomic mass is 19.4. The maximum absolute atomic E-state index is 15.2. The summed E-state index contributed by atoms with van der Waals surface area (Å²) in [5.41, 5.74) is -10.0. The summed E-state index contributed by atoms with van der Waals surface area (Å²) in [6, 6.07) is 10.6. The first-order chi connectivity index (χ1) is 22.5. The minimum absolute atomic E-state index is 0.238. The molecule has 0 fully saturated rings. The fourth-order valence-corrected chi connectivity index (χ4v) is 5.21. The van der Waals surface area contributed by atoms with Gasteiger partial charge in [0.1, 0.15) is 6.07 Å². The third-order valence-electron chi connectivity index (χ3n) is 7.47. The van der Waals surface area contributed by atoms with E-state index in [1.165, 1.54) is 36.4 Å². The largest absolute Gasteiger partial charge is 0.417 e. The van der Waals surface area contributed by atoms with Gasteiger partial charge in [0.2, 0.25) is 5.82 Å². The van der Waals surface area contributed by atoms with Gasteiger partial charge < -0.3 is 0 Å². The Kier molecular flexibility index (Phi) is 8.60. The van der Waals surface area contributed by atoms with Crippen LogP contribution in [-0.2, 0) is 6.18 Å². The predicted octanol–water partition coefficient (Wildman–Crippen LogP) is 10.3. The molecule has 0 N–H and O–H groups in total. The second-order valence-electron chi connectivity index (χ2n) is 10.3. The van der Waals surface area contributed by atoms with Gasteiger partial charge in [-0.3, -0.25) is 9.97 Å². The van der Waals surface area contributed by atoms with E-state index in [2.05, 4.69) is 16.5 Å². The molecular weight excluding hydrogens is 659 g/mol. The van der Waals surface area contributed by atoms with E-state index in [0.29, 0.717) is 6.07 Å². The van der Waals surface area contributed by atoms with Crippen LogP contribution in [0, 0.1) is 40.4 Å². The smallest absolute Gasteiger partial charge is 0.256 e. The number of allylic oxidation sites excluding steroid dienone is 7. The summed E-state index contributed by atoms with van der Waals surface area (Å²) in [6.45, 7) is 4.22. The number of nitrogens with zero attached hydrogens (tertiary/aromatic N) is 3. The highest BCUT2D eigenvalue weighted by Gasteiger charge is 2.40. The molecule has 0 saturated heterocycles. The first kappa shape index (κ1) is 33.8. The molecule has 3 nitrogen and oxygen atoms in total. The molecule has 0 bridgehead atoms. The van der Waals surface area contributed by atoms with E-state index >= 15 is 8.78 Å². The van der Waals surface area contributed by atoms with Crippen molar-refractivity contribution in [3.05, 3.63) is 142 Å². The average Bonchev–Trinajstić information content (AvgIpc) is 3.32. The third-order valence-corrected chi connectivity index (χ3v) is 7.47. The van der Waals surface area contributed by atoms with Gasteiger partial charge in [-0.15, -0.1) is 0 Å². The highest BCUT2D eigenvalue weighted by molar-refractivity contribution is 6.15. The van der Waals surface area contributed by atoms with Crippen LogP contribution in [0.15, 0.2) is 84.7 Å². The van der Waals surface area contributed by atoms with Crippen LogP contribution in [0.5, 0.6) is 0 Å². The molecule has 48 heavy (non-hydrogen) atoms. The molecule has 0 radical (unpaired) electrons. The van der Waals surface area contributed by atoms with Gasteiger partial charge in [0.05, 0.1) is 33.7 Å². The first-order valence-electron chi connectivity index (χ1n) is 13.4. The minimum Gasteiger partial charge on any atom is -0.256 e. The maximum atomic E-state index is 15.2. The lowest BCUT2D eigenvalue weighted by Crippen LogP contribution is -2.13. The first-order valence-corrected chi connectivity index (χ1v) is 13.4. The number of hydrogen-bond donors (Lipinski definition) is 0. The lowest BCUT2D eigenvalue weighted by Gasteiger charge is -2.18. The summed E-state index contributed by atoms with van der Waals surface area (Å²) in [4.78, 5) is 7.81. The van der Waals surface area contributed by atoms with E-state index < -0.39 is 91.6 Å². The van der Waals surface area contributed by atoms with E-state index in [9.17, 15) is 44.8 Å². The van der Waals surface area contributed by atoms with Crippen molar-refractivity contribution in [1.29, 1.82) is 5.26 Å². The SMILES string of the molecule is C=C(/C(=C\C1=C(C)c2cc(C(F)(F)F)c(-c3ccccn3)cc2/C1=C(\C#N)c1c(F)c(F)c(F)c(F)c1F)c1ccccn1)C(F)(F)F. The molecule has 5 rings (SSSR count). The molecule has 14 heteroatoms. The summed E-state index contributed by atoms with van der Waals surface area (Å²) >= 11 is 0. The predicted molar refractivity (Wildman–Crippen MR) is 153 cm³/mol. The Morgan fingerprint density at radius 1 is 0.771 bits per heavy atom. The molecule has 1 aliphatic rings. The van der Waals surface area contributed by atoms with Crippen molar-refractivity contribution in [2.24, 2.45) is 0 Å². The van der Waals surface area contributed by atoms with Gasteiger partial charge in [-0.05, 0) is 71.7 Å². The summed E-state index contributed by atoms with van der Waals surface area (Å²) in [5.74, 6) is -12.3. The molecule has 1 aliphatic carbocycles. The monoisotopic (exact) mass is 675 g/mol. The van der Waals surface area contributed by atoms with Crippen LogP contribution in [0.1, 0.15) is 34.9 Å². The second kappa shape index (κ2) is 12.2. The lowest BCUT2D eigenvalue weighted by molar-refractivity contribution is -0.137. The number of halogens is 11. The molecule has 0 amide bonds. The zero-order valence-electron chi connectivity index (χ0n) is 24.1. The molecule has 0 unspecified atom stereocenters. The number of fused-ring (bicyclic) bond motifs is 1. The molecule has 2 aromatic carbocycles. The molecule has 0 saturated carbocycles. The lowest BCUT2D eigenvalue weighted by atomic mass is 9.88. The number of alkyl halides is 6. The van der Waals surface area contributed by atoms with Gasteiger partial charge in [-0.2, -0.15) is 31.6 Å². The Balaban J connectivity index is 1.99. The van der Waals surface area contributed by atoms with Crippen molar-refractivity contribution in [3.8, 4) is 17.3 Å². The van der Waals surface area contributed by atoms with Crippen LogP contribution in [-0.4, -0.2) is 16.1 Å². The number of nitriles is 1. The molecule has 2 heterocycles. The highest BCUT2D eigenvalue weighted by Crippen LogP contribution is 2.51. The van der Waals surface area contributed by atoms with Gasteiger partial charge >= 0.3 is 12.4 Å². The normalized spacial score (nSPS) is 14.6. The van der Waals surface area contributed by atoms with Crippen LogP contribution < -0.4 is 0 Å². The maximum Gasteiger partial charge on any atom is 0.417 e. The van der Waals surface area contributed by atoms with Crippen molar-refractivity contribution in [3.63, 3.8) is 0 Å². The Morgan fingerprint density at radius 2 is 1.35 bits per heavy atom. The average molecular weight is 676 g/mol. The van der Waals surface area contributed by atoms with E-state index in [4.69, 9.17) is 0 Å². The Labute approximate surface area is 264 Å². The van der Waals surface area contributed by atoms with Gasteiger partial charge in [0, 0.05) is 29.1 Å². The zero-order valence-corrected chi connectivity index (χ0v) is 24.1. The Morgan fingerprint density at radius 3 is 1.85 bits per heavy atom. The van der Waals surface area contributed by atoms with E-state index in [1.54, 1.807) is 0 Å². The quantitative estimate of drug-likeness (QED) is 0.0696. The molecule has 2 aromatic heterocycles. The van der Waals surface area contributed by atoms with Crippen molar-refractivity contribution in [2.45, 2.75) is 19.3 Å². The molecule has 0 aliphatic heterocycles. The summed E-state index contributed by atoms with van der Waals surface area (Å²) in [5, 5.41) is 10.2. The van der Waals surface area contributed by atoms with Crippen molar-refractivity contribution in [1.82, 2.24) is 9.97 Å². The molecule has 0 spiro atoms. The number of pyridine rings is 2. The topological polar surface area (TPSA) is 49.6 Å². The second-order valence-corrected chi connectivity index (χ2v) is 10.3. The van der Waals surface area contributed by atoms with Crippen LogP contribution in [0.25, 0.3) is 33.5 Å². The molecule has 244 valence electrons. The molecule has 0 atom stereocenters. The number of aromatic nitrogens is 2. The standard InChI is InChI=1S/C34H16F11N3/c1-15-17-13-23(34(43,44)45)21(25-8-4-6-10-48-25)12-20(17)26(22(14-46)27-28(35)30(37)32(39)31(38)29(27)36)18(15)11-19(16(2)33(40,41)42)24-7-3-5-9-47-24/h3-13H,2H2,1H3/b19-11+,26-22+. The van der Waals surface area contributed by atoms with Crippen LogP contribution in [0.4, 0.5) is 48.3 Å². The van der Waals surface area contributed by atoms with Crippen LogP contribution >= 0.6 is 0 Å². The summed E-state index contributed by atoms with van der Waals surface area (Å²) in [6.07, 6.45) is -7.14. The van der Waals surface area contributed by atoms with Crippen LogP contribution in [0.3, 0.4) is 0 Å². The fraction of sp³-hybridized carbons (Fsp3) is 0.0882. The Hall–Kier alpha value is -5.58. The number of rotatable bonds is 5. The Bertz CT molecular complexity index is 2090. The van der Waals surface area contributed by atoms with E-state index in [0.717, 1.165) is 37.5 Å². The summed E-state index contributed by atoms with van der Waals surface area (Å²) < 4.78 is 159. The van der Waals surface area contributed by atoms with Crippen LogP contribution in [0.2, 0.25) is 0 Å². The van der Waals surface area contributed by atoms with E-state index in [-0.39, 0.29) is 22.5 Å². The van der Waals surface area contributed by atoms with E-state index in [1.807, 2.05) is 0 Å². The number of hydrogen-bond acceptors (Lipinski definition) is 3. The molecular formula is C34H16F11N3. The van der Waals surface area contributed by atoms with Crippen molar-refractivity contribution < 1.29 is 48.3 Å². The number of benzene rings is 2. The van der Waals surface area contributed by atoms with Gasteiger partial charge in [-0.25, -0.2) is 22.0 Å². The van der Waals surface area contributed by atoms with Crippen molar-refractivity contribution >= 4 is 22.3 Å². The van der Waals surface area contributed by atoms with Gasteiger partial charge in [0.25, 0.3) is 0 Å². The molecule has 4 aromatic rings.